The van der Waals surface area contributed by atoms with Crippen LogP contribution >= 0.6 is 0 Å². The molecule has 2 amide bonds. The van der Waals surface area contributed by atoms with Crippen molar-refractivity contribution in [2.45, 2.75) is 18.4 Å². The summed E-state index contributed by atoms with van der Waals surface area (Å²) < 4.78 is 0. The molecule has 1 fully saturated rings. The number of imide groups is 1. The van der Waals surface area contributed by atoms with Crippen molar-refractivity contribution in [1.29, 1.82) is 0 Å². The van der Waals surface area contributed by atoms with E-state index >= 15 is 0 Å². The molecule has 3 aliphatic carbocycles. The van der Waals surface area contributed by atoms with Gasteiger partial charge in [-0.15, -0.1) is 0 Å². The quantitative estimate of drug-likeness (QED) is 0.269. The van der Waals surface area contributed by atoms with Crippen LogP contribution in [0.3, 0.4) is 0 Å². The van der Waals surface area contributed by atoms with Gasteiger partial charge in [0, 0.05) is 27.5 Å². The van der Waals surface area contributed by atoms with Crippen LogP contribution in [-0.4, -0.2) is 22.5 Å². The third-order valence-electron chi connectivity index (χ3n) is 7.37. The maximum Gasteiger partial charge on any atom is 0.285 e. The number of amides is 2. The number of nitro groups is 1. The lowest BCUT2D eigenvalue weighted by molar-refractivity contribution is -0.578. The van der Waals surface area contributed by atoms with Crippen molar-refractivity contribution < 1.29 is 19.3 Å². The number of Topliss-reactive ketones (excluding diaryl/α,β-unsaturated/α-hetero) is 1. The molecule has 3 aromatic rings. The highest BCUT2D eigenvalue weighted by molar-refractivity contribution is 6.24. The van der Waals surface area contributed by atoms with Gasteiger partial charge in [0.15, 0.2) is 5.78 Å². The molecule has 4 aliphatic rings. The molecule has 33 heavy (non-hydrogen) atoms. The van der Waals surface area contributed by atoms with Crippen LogP contribution < -0.4 is 4.90 Å². The zero-order valence-electron chi connectivity index (χ0n) is 17.6. The maximum atomic E-state index is 13.9. The van der Waals surface area contributed by atoms with Gasteiger partial charge < -0.3 is 0 Å². The van der Waals surface area contributed by atoms with Gasteiger partial charge in [-0.05, 0) is 30.2 Å². The summed E-state index contributed by atoms with van der Waals surface area (Å²) in [5, 5.41) is 12.9. The number of carbonyl (C=O) groups excluding carboxylic acids is 3. The molecule has 1 aliphatic heterocycles. The Bertz CT molecular complexity index is 1360. The number of hydrogen-bond donors (Lipinski definition) is 0. The van der Waals surface area contributed by atoms with Crippen LogP contribution in [0.4, 0.5) is 5.69 Å². The number of rotatable bonds is 3. The van der Waals surface area contributed by atoms with E-state index in [-0.39, 0.29) is 11.5 Å². The monoisotopic (exact) mass is 438 g/mol. The molecule has 1 saturated heterocycles. The molecule has 3 aromatic carbocycles. The Balaban J connectivity index is 1.64. The molecule has 7 rings (SSSR count). The topological polar surface area (TPSA) is 97.6 Å². The van der Waals surface area contributed by atoms with E-state index in [1.54, 1.807) is 54.6 Å². The summed E-state index contributed by atoms with van der Waals surface area (Å²) >= 11 is 0. The van der Waals surface area contributed by atoms with Crippen molar-refractivity contribution in [1.82, 2.24) is 0 Å². The molecular formula is C26H18N2O5. The minimum atomic E-state index is -1.85. The SMILES string of the molecule is CC(=O)c1cccc(N2C(=O)[C@@H]3[C@@H](C2=O)C2c4ccccc4C3([N+](=O)[O-])c3ccccc32)c1. The second-order valence-electron chi connectivity index (χ2n) is 8.80. The molecule has 0 aromatic heterocycles. The average molecular weight is 438 g/mol. The number of benzene rings is 3. The number of hydrogen-bond acceptors (Lipinski definition) is 5. The first-order chi connectivity index (χ1) is 15.9. The van der Waals surface area contributed by atoms with Crippen LogP contribution in [0.2, 0.25) is 0 Å². The summed E-state index contributed by atoms with van der Waals surface area (Å²) in [6, 6.07) is 20.4. The minimum Gasteiger partial charge on any atom is -0.295 e. The third kappa shape index (κ3) is 2.21. The highest BCUT2D eigenvalue weighted by atomic mass is 16.6. The first kappa shape index (κ1) is 19.5. The molecule has 7 nitrogen and oxygen atoms in total. The number of nitrogens with zero attached hydrogens (tertiary/aromatic N) is 2. The Kier molecular flexibility index (Phi) is 3.82. The van der Waals surface area contributed by atoms with Crippen LogP contribution in [0, 0.1) is 22.0 Å². The second kappa shape index (κ2) is 6.45. The number of anilines is 1. The van der Waals surface area contributed by atoms with Crippen molar-refractivity contribution in [3.05, 3.63) is 111 Å². The second-order valence-corrected chi connectivity index (χ2v) is 8.80. The zero-order valence-corrected chi connectivity index (χ0v) is 17.6. The summed E-state index contributed by atoms with van der Waals surface area (Å²) in [4.78, 5) is 53.1. The Morgan fingerprint density at radius 3 is 2.09 bits per heavy atom. The lowest BCUT2D eigenvalue weighted by Crippen LogP contribution is -2.57. The molecule has 0 saturated carbocycles. The molecule has 0 unspecified atom stereocenters. The maximum absolute atomic E-state index is 13.9. The molecule has 0 spiro atoms. The first-order valence-corrected chi connectivity index (χ1v) is 10.7. The van der Waals surface area contributed by atoms with Gasteiger partial charge in [0.25, 0.3) is 5.54 Å². The van der Waals surface area contributed by atoms with E-state index in [1.165, 1.54) is 13.0 Å². The van der Waals surface area contributed by atoms with Crippen LogP contribution in [0.5, 0.6) is 0 Å². The van der Waals surface area contributed by atoms with E-state index in [2.05, 4.69) is 0 Å². The smallest absolute Gasteiger partial charge is 0.285 e. The molecule has 2 bridgehead atoms. The fraction of sp³-hybridized carbons (Fsp3) is 0.192. The van der Waals surface area contributed by atoms with E-state index in [0.29, 0.717) is 16.7 Å². The minimum absolute atomic E-state index is 0.199. The van der Waals surface area contributed by atoms with E-state index in [4.69, 9.17) is 0 Å². The van der Waals surface area contributed by atoms with Crippen molar-refractivity contribution in [3.8, 4) is 0 Å². The predicted molar refractivity (Wildman–Crippen MR) is 118 cm³/mol. The van der Waals surface area contributed by atoms with Gasteiger partial charge in [0.2, 0.25) is 11.8 Å². The van der Waals surface area contributed by atoms with E-state index < -0.39 is 40.0 Å². The molecule has 2 atom stereocenters. The fourth-order valence-corrected chi connectivity index (χ4v) is 6.16. The molecular weight excluding hydrogens is 420 g/mol. The average Bonchev–Trinajstić information content (AvgIpc) is 3.09. The number of ketones is 1. The Hall–Kier alpha value is -4.13. The summed E-state index contributed by atoms with van der Waals surface area (Å²) in [5.41, 5.74) is 1.15. The summed E-state index contributed by atoms with van der Waals surface area (Å²) in [7, 11) is 0. The molecule has 0 N–H and O–H groups in total. The normalized spacial score (nSPS) is 26.6. The Labute approximate surface area is 188 Å². The van der Waals surface area contributed by atoms with Gasteiger partial charge in [-0.25, -0.2) is 4.90 Å². The highest BCUT2D eigenvalue weighted by Gasteiger charge is 2.74. The van der Waals surface area contributed by atoms with Crippen LogP contribution in [0.15, 0.2) is 72.8 Å². The molecule has 0 radical (unpaired) electrons. The summed E-state index contributed by atoms with van der Waals surface area (Å²) in [6.45, 7) is 1.40. The van der Waals surface area contributed by atoms with Gasteiger partial charge in [-0.3, -0.25) is 24.5 Å². The predicted octanol–water partition coefficient (Wildman–Crippen LogP) is 3.67. The summed E-state index contributed by atoms with van der Waals surface area (Å²) in [5.74, 6) is -3.79. The van der Waals surface area contributed by atoms with Gasteiger partial charge in [0.05, 0.1) is 11.6 Å². The van der Waals surface area contributed by atoms with Crippen molar-refractivity contribution in [2.75, 3.05) is 4.90 Å². The van der Waals surface area contributed by atoms with Gasteiger partial charge in [0.1, 0.15) is 5.92 Å². The van der Waals surface area contributed by atoms with E-state index in [9.17, 15) is 24.5 Å². The Morgan fingerprint density at radius 1 is 0.909 bits per heavy atom. The van der Waals surface area contributed by atoms with Gasteiger partial charge in [-0.1, -0.05) is 60.7 Å². The van der Waals surface area contributed by atoms with Crippen LogP contribution in [0.25, 0.3) is 0 Å². The van der Waals surface area contributed by atoms with Crippen molar-refractivity contribution in [2.24, 2.45) is 11.8 Å². The molecule has 162 valence electrons. The van der Waals surface area contributed by atoms with Crippen molar-refractivity contribution in [3.63, 3.8) is 0 Å². The lowest BCUT2D eigenvalue weighted by atomic mass is 9.51. The van der Waals surface area contributed by atoms with Crippen LogP contribution in [0.1, 0.15) is 45.5 Å². The van der Waals surface area contributed by atoms with Crippen molar-refractivity contribution >= 4 is 23.3 Å². The Morgan fingerprint density at radius 2 is 1.52 bits per heavy atom. The summed E-state index contributed by atoms with van der Waals surface area (Å²) in [6.07, 6.45) is 0. The van der Waals surface area contributed by atoms with Crippen LogP contribution in [-0.2, 0) is 15.1 Å². The van der Waals surface area contributed by atoms with E-state index in [1.807, 2.05) is 12.1 Å². The lowest BCUT2D eigenvalue weighted by Gasteiger charge is -2.48. The number of carbonyl (C=O) groups is 3. The standard InChI is InChI=1S/C26H18N2O5/c1-14(29)15-7-6-8-16(13-15)27-24(30)22-21-17-9-2-4-11-19(17)26(28(32)33,23(22)25(27)31)20-12-5-3-10-18(20)21/h2-13,21-23H,1H3/t21?,22-,23-,26?/m0/s1. The molecule has 1 heterocycles. The third-order valence-corrected chi connectivity index (χ3v) is 7.37. The van der Waals surface area contributed by atoms with Gasteiger partial charge in [-0.2, -0.15) is 0 Å². The fourth-order valence-electron chi connectivity index (χ4n) is 6.16. The first-order valence-electron chi connectivity index (χ1n) is 10.7. The van der Waals surface area contributed by atoms with E-state index in [0.717, 1.165) is 16.0 Å². The zero-order chi connectivity index (χ0) is 23.1. The highest BCUT2D eigenvalue weighted by Crippen LogP contribution is 2.64. The largest absolute Gasteiger partial charge is 0.295 e. The molecule has 7 heteroatoms. The van der Waals surface area contributed by atoms with Gasteiger partial charge >= 0.3 is 0 Å².